The monoisotopic (exact) mass is 268 g/mol. The van der Waals surface area contributed by atoms with E-state index in [1.54, 1.807) is 11.3 Å². The number of nitrogens with zero attached hydrogens (tertiary/aromatic N) is 1. The van der Waals surface area contributed by atoms with Gasteiger partial charge in [-0.1, -0.05) is 20.8 Å². The number of hydrogen-bond acceptors (Lipinski definition) is 4. The van der Waals surface area contributed by atoms with Gasteiger partial charge in [0.25, 0.3) is 0 Å². The highest BCUT2D eigenvalue weighted by atomic mass is 32.1. The van der Waals surface area contributed by atoms with E-state index in [1.165, 1.54) is 6.42 Å². The Bertz CT molecular complexity index is 377. The number of aromatic nitrogens is 1. The molecule has 1 fully saturated rings. The van der Waals surface area contributed by atoms with Crippen LogP contribution in [0.2, 0.25) is 0 Å². The van der Waals surface area contributed by atoms with Gasteiger partial charge in [0.05, 0.1) is 17.8 Å². The van der Waals surface area contributed by atoms with Gasteiger partial charge in [-0.3, -0.25) is 0 Å². The van der Waals surface area contributed by atoms with Crippen molar-refractivity contribution in [3.05, 3.63) is 16.6 Å². The quantitative estimate of drug-likeness (QED) is 0.882. The van der Waals surface area contributed by atoms with E-state index in [0.29, 0.717) is 11.3 Å². The van der Waals surface area contributed by atoms with Gasteiger partial charge in [0.2, 0.25) is 0 Å². The van der Waals surface area contributed by atoms with Gasteiger partial charge in [0.1, 0.15) is 0 Å². The minimum atomic E-state index is -0.134. The van der Waals surface area contributed by atoms with Gasteiger partial charge in [-0.15, -0.1) is 11.3 Å². The van der Waals surface area contributed by atoms with E-state index in [1.807, 2.05) is 5.51 Å². The largest absolute Gasteiger partial charge is 0.394 e. The lowest BCUT2D eigenvalue weighted by Gasteiger charge is -2.47. The highest BCUT2D eigenvalue weighted by Gasteiger charge is 2.42. The fourth-order valence-electron chi connectivity index (χ4n) is 3.66. The standard InChI is InChI=1S/C14H24N2OS/c1-11-4-13(2,3)8-14(5-11,9-17)16-6-12-7-18-10-15-12/h7,10-11,16-17H,4-6,8-9H2,1-3H3. The molecule has 0 saturated heterocycles. The number of aliphatic hydroxyl groups excluding tert-OH is 1. The van der Waals surface area contributed by atoms with Crippen molar-refractivity contribution in [3.63, 3.8) is 0 Å². The van der Waals surface area contributed by atoms with Gasteiger partial charge in [-0.2, -0.15) is 0 Å². The van der Waals surface area contributed by atoms with Gasteiger partial charge in [0, 0.05) is 17.5 Å². The Morgan fingerprint density at radius 2 is 2.28 bits per heavy atom. The second-order valence-corrected chi connectivity index (χ2v) is 7.34. The van der Waals surface area contributed by atoms with Crippen molar-refractivity contribution in [1.82, 2.24) is 10.3 Å². The fraction of sp³-hybridized carbons (Fsp3) is 0.786. The van der Waals surface area contributed by atoms with Crippen molar-refractivity contribution in [2.24, 2.45) is 11.3 Å². The highest BCUT2D eigenvalue weighted by Crippen LogP contribution is 2.43. The van der Waals surface area contributed by atoms with Crippen molar-refractivity contribution < 1.29 is 5.11 Å². The number of nitrogens with one attached hydrogen (secondary N) is 1. The Hall–Kier alpha value is -0.450. The SMILES string of the molecule is CC1CC(C)(C)CC(CO)(NCc2cscn2)C1. The second-order valence-electron chi connectivity index (χ2n) is 6.63. The summed E-state index contributed by atoms with van der Waals surface area (Å²) >= 11 is 1.62. The molecule has 1 aromatic rings. The van der Waals surface area contributed by atoms with E-state index in [4.69, 9.17) is 0 Å². The van der Waals surface area contributed by atoms with Crippen molar-refractivity contribution in [2.75, 3.05) is 6.61 Å². The van der Waals surface area contributed by atoms with Gasteiger partial charge < -0.3 is 10.4 Å². The third-order valence-corrected chi connectivity index (χ3v) is 4.52. The molecule has 4 heteroatoms. The maximum absolute atomic E-state index is 9.84. The molecule has 0 amide bonds. The zero-order valence-electron chi connectivity index (χ0n) is 11.6. The van der Waals surface area contributed by atoms with Crippen molar-refractivity contribution in [1.29, 1.82) is 0 Å². The van der Waals surface area contributed by atoms with Crippen LogP contribution in [0.25, 0.3) is 0 Å². The van der Waals surface area contributed by atoms with Crippen molar-refractivity contribution in [3.8, 4) is 0 Å². The molecule has 1 heterocycles. The molecule has 2 rings (SSSR count). The van der Waals surface area contributed by atoms with Crippen LogP contribution in [0.15, 0.2) is 10.9 Å². The first-order valence-corrected chi connectivity index (χ1v) is 7.62. The lowest BCUT2D eigenvalue weighted by atomic mass is 9.64. The van der Waals surface area contributed by atoms with Gasteiger partial charge >= 0.3 is 0 Å². The van der Waals surface area contributed by atoms with E-state index in [2.05, 4.69) is 36.5 Å². The van der Waals surface area contributed by atoms with E-state index in [9.17, 15) is 5.11 Å². The Kier molecular flexibility index (Phi) is 4.09. The Labute approximate surface area is 114 Å². The maximum Gasteiger partial charge on any atom is 0.0795 e. The normalized spacial score (nSPS) is 31.4. The molecular formula is C14H24N2OS. The molecule has 1 aromatic heterocycles. The molecule has 0 aromatic carbocycles. The summed E-state index contributed by atoms with van der Waals surface area (Å²) in [6.45, 7) is 7.86. The van der Waals surface area contributed by atoms with Crippen LogP contribution in [-0.4, -0.2) is 22.2 Å². The summed E-state index contributed by atoms with van der Waals surface area (Å²) < 4.78 is 0. The molecule has 3 nitrogen and oxygen atoms in total. The number of aliphatic hydroxyl groups is 1. The third-order valence-electron chi connectivity index (χ3n) is 3.89. The predicted octanol–water partition coefficient (Wildman–Crippen LogP) is 2.81. The van der Waals surface area contributed by atoms with Gasteiger partial charge in [0.15, 0.2) is 0 Å². The molecule has 1 saturated carbocycles. The average molecular weight is 268 g/mol. The minimum absolute atomic E-state index is 0.134. The molecule has 0 spiro atoms. The lowest BCUT2D eigenvalue weighted by molar-refractivity contribution is 0.0350. The van der Waals surface area contributed by atoms with Crippen LogP contribution in [-0.2, 0) is 6.54 Å². The molecule has 18 heavy (non-hydrogen) atoms. The summed E-state index contributed by atoms with van der Waals surface area (Å²) in [5, 5.41) is 15.5. The second kappa shape index (κ2) is 5.27. The van der Waals surface area contributed by atoms with E-state index < -0.39 is 0 Å². The summed E-state index contributed by atoms with van der Waals surface area (Å²) in [5.74, 6) is 0.656. The summed E-state index contributed by atoms with van der Waals surface area (Å²) in [7, 11) is 0. The first-order valence-electron chi connectivity index (χ1n) is 6.68. The smallest absolute Gasteiger partial charge is 0.0795 e. The Balaban J connectivity index is 2.05. The zero-order chi connectivity index (χ0) is 13.2. The summed E-state index contributed by atoms with van der Waals surface area (Å²) in [6.07, 6.45) is 3.33. The molecule has 1 aliphatic carbocycles. The van der Waals surface area contributed by atoms with Crippen LogP contribution in [0, 0.1) is 11.3 Å². The maximum atomic E-state index is 9.84. The van der Waals surface area contributed by atoms with Crippen LogP contribution in [0.1, 0.15) is 45.7 Å². The van der Waals surface area contributed by atoms with E-state index in [0.717, 1.165) is 25.1 Å². The van der Waals surface area contributed by atoms with E-state index in [-0.39, 0.29) is 12.1 Å². The molecule has 1 aliphatic rings. The summed E-state index contributed by atoms with van der Waals surface area (Å²) in [5.41, 5.74) is 3.10. The zero-order valence-corrected chi connectivity index (χ0v) is 12.4. The molecule has 0 radical (unpaired) electrons. The molecule has 2 atom stereocenters. The van der Waals surface area contributed by atoms with Crippen molar-refractivity contribution in [2.45, 2.75) is 52.1 Å². The van der Waals surface area contributed by atoms with Crippen LogP contribution in [0.3, 0.4) is 0 Å². The average Bonchev–Trinajstić information content (AvgIpc) is 2.76. The number of rotatable bonds is 4. The summed E-state index contributed by atoms with van der Waals surface area (Å²) in [4.78, 5) is 4.30. The van der Waals surface area contributed by atoms with Crippen LogP contribution < -0.4 is 5.32 Å². The number of hydrogen-bond donors (Lipinski definition) is 2. The first-order chi connectivity index (χ1) is 8.45. The minimum Gasteiger partial charge on any atom is -0.394 e. The first kappa shape index (κ1) is 14.0. The third kappa shape index (κ3) is 3.31. The van der Waals surface area contributed by atoms with Crippen LogP contribution >= 0.6 is 11.3 Å². The molecule has 2 N–H and O–H groups in total. The predicted molar refractivity (Wildman–Crippen MR) is 75.6 cm³/mol. The molecule has 0 bridgehead atoms. The lowest BCUT2D eigenvalue weighted by Crippen LogP contribution is -2.54. The summed E-state index contributed by atoms with van der Waals surface area (Å²) in [6, 6.07) is 0. The van der Waals surface area contributed by atoms with Gasteiger partial charge in [-0.25, -0.2) is 4.98 Å². The van der Waals surface area contributed by atoms with Crippen LogP contribution in [0.5, 0.6) is 0 Å². The molecular weight excluding hydrogens is 244 g/mol. The topological polar surface area (TPSA) is 45.1 Å². The van der Waals surface area contributed by atoms with E-state index >= 15 is 0 Å². The highest BCUT2D eigenvalue weighted by molar-refractivity contribution is 7.07. The fourth-order valence-corrected chi connectivity index (χ4v) is 4.22. The van der Waals surface area contributed by atoms with Crippen LogP contribution in [0.4, 0.5) is 0 Å². The van der Waals surface area contributed by atoms with Gasteiger partial charge in [-0.05, 0) is 30.6 Å². The Morgan fingerprint density at radius 1 is 1.50 bits per heavy atom. The molecule has 2 unspecified atom stereocenters. The Morgan fingerprint density at radius 3 is 2.83 bits per heavy atom. The molecule has 102 valence electrons. The molecule has 0 aliphatic heterocycles. The van der Waals surface area contributed by atoms with Crippen molar-refractivity contribution >= 4 is 11.3 Å². The number of thiazole rings is 1.